The van der Waals surface area contributed by atoms with Gasteiger partial charge in [-0.25, -0.2) is 4.79 Å². The lowest BCUT2D eigenvalue weighted by molar-refractivity contribution is 0.183. The van der Waals surface area contributed by atoms with Crippen molar-refractivity contribution in [3.05, 3.63) is 30.3 Å². The molecule has 6 heteroatoms. The van der Waals surface area contributed by atoms with E-state index in [0.717, 1.165) is 39.1 Å². The number of rotatable bonds is 8. The Balaban J connectivity index is 1.53. The Morgan fingerprint density at radius 3 is 2.46 bits per heavy atom. The monoisotopic (exact) mass is 334 g/mol. The molecule has 1 fully saturated rings. The number of anilines is 1. The van der Waals surface area contributed by atoms with Crippen molar-refractivity contribution in [2.45, 2.75) is 25.9 Å². The zero-order chi connectivity index (χ0) is 17.2. The van der Waals surface area contributed by atoms with Gasteiger partial charge in [0.25, 0.3) is 0 Å². The van der Waals surface area contributed by atoms with Gasteiger partial charge in [0.05, 0.1) is 6.10 Å². The van der Waals surface area contributed by atoms with Gasteiger partial charge in [0.1, 0.15) is 0 Å². The van der Waals surface area contributed by atoms with E-state index in [1.807, 2.05) is 6.07 Å². The molecule has 2 rings (SSSR count). The summed E-state index contributed by atoms with van der Waals surface area (Å²) in [6.45, 7) is 8.15. The molecule has 0 spiro atoms. The molecule has 0 aliphatic carbocycles. The van der Waals surface area contributed by atoms with Gasteiger partial charge in [0, 0.05) is 45.0 Å². The summed E-state index contributed by atoms with van der Waals surface area (Å²) in [4.78, 5) is 16.4. The number of hydrogen-bond acceptors (Lipinski definition) is 4. The molecule has 0 saturated carbocycles. The number of aliphatic hydroxyl groups is 1. The van der Waals surface area contributed by atoms with Gasteiger partial charge in [-0.15, -0.1) is 0 Å². The van der Waals surface area contributed by atoms with Crippen molar-refractivity contribution in [1.82, 2.24) is 15.5 Å². The van der Waals surface area contributed by atoms with E-state index in [1.165, 1.54) is 5.69 Å². The molecule has 1 aliphatic rings. The zero-order valence-corrected chi connectivity index (χ0v) is 14.6. The van der Waals surface area contributed by atoms with Crippen LogP contribution in [0.2, 0.25) is 0 Å². The number of amides is 2. The highest BCUT2D eigenvalue weighted by Crippen LogP contribution is 2.15. The van der Waals surface area contributed by atoms with Crippen LogP contribution < -0.4 is 15.5 Å². The Morgan fingerprint density at radius 1 is 1.12 bits per heavy atom. The average Bonchev–Trinajstić information content (AvgIpc) is 2.60. The molecule has 0 aromatic heterocycles. The molecule has 1 atom stereocenters. The fraction of sp³-hybridized carbons (Fsp3) is 0.611. The van der Waals surface area contributed by atoms with Crippen molar-refractivity contribution in [3.8, 4) is 0 Å². The fourth-order valence-electron chi connectivity index (χ4n) is 2.83. The first kappa shape index (κ1) is 18.5. The quantitative estimate of drug-likeness (QED) is 0.626. The molecular weight excluding hydrogens is 304 g/mol. The van der Waals surface area contributed by atoms with Crippen LogP contribution in [0.1, 0.15) is 19.8 Å². The number of benzene rings is 1. The molecule has 1 aromatic carbocycles. The lowest BCUT2D eigenvalue weighted by Gasteiger charge is -2.36. The maximum absolute atomic E-state index is 11.6. The number of para-hydroxylation sites is 1. The smallest absolute Gasteiger partial charge is 0.314 e. The number of carbonyl (C=O) groups excluding carboxylic acids is 1. The van der Waals surface area contributed by atoms with Crippen molar-refractivity contribution in [3.63, 3.8) is 0 Å². The number of nitrogens with one attached hydrogen (secondary N) is 2. The highest BCUT2D eigenvalue weighted by atomic mass is 16.3. The first-order valence-corrected chi connectivity index (χ1v) is 8.87. The van der Waals surface area contributed by atoms with Gasteiger partial charge in [-0.05, 0) is 38.4 Å². The Bertz CT molecular complexity index is 473. The summed E-state index contributed by atoms with van der Waals surface area (Å²) < 4.78 is 0. The molecule has 1 aromatic rings. The molecule has 1 aliphatic heterocycles. The van der Waals surface area contributed by atoms with Crippen LogP contribution in [0.4, 0.5) is 10.5 Å². The van der Waals surface area contributed by atoms with Gasteiger partial charge in [-0.2, -0.15) is 0 Å². The van der Waals surface area contributed by atoms with Crippen LogP contribution in [-0.2, 0) is 0 Å². The number of aliphatic hydroxyl groups excluding tert-OH is 1. The van der Waals surface area contributed by atoms with Gasteiger partial charge < -0.3 is 20.6 Å². The third-order valence-corrected chi connectivity index (χ3v) is 4.28. The van der Waals surface area contributed by atoms with Crippen LogP contribution in [0.25, 0.3) is 0 Å². The molecule has 134 valence electrons. The predicted molar refractivity (Wildman–Crippen MR) is 97.4 cm³/mol. The lowest BCUT2D eigenvalue weighted by atomic mass is 10.2. The van der Waals surface area contributed by atoms with E-state index in [1.54, 1.807) is 6.92 Å². The molecule has 6 nitrogen and oxygen atoms in total. The molecular formula is C18H30N4O2. The molecule has 1 unspecified atom stereocenters. The van der Waals surface area contributed by atoms with Crippen LogP contribution in [0.5, 0.6) is 0 Å². The summed E-state index contributed by atoms with van der Waals surface area (Å²) in [6, 6.07) is 10.4. The number of carbonyl (C=O) groups is 1. The third-order valence-electron chi connectivity index (χ3n) is 4.28. The first-order chi connectivity index (χ1) is 11.6. The van der Waals surface area contributed by atoms with Crippen molar-refractivity contribution in [1.29, 1.82) is 0 Å². The molecule has 1 heterocycles. The number of piperazine rings is 1. The second kappa shape index (κ2) is 10.2. The van der Waals surface area contributed by atoms with Gasteiger partial charge in [-0.3, -0.25) is 4.90 Å². The van der Waals surface area contributed by atoms with Crippen LogP contribution in [0.15, 0.2) is 30.3 Å². The predicted octanol–water partition coefficient (Wildman–Crippen LogP) is 1.27. The molecule has 0 radical (unpaired) electrons. The second-order valence-corrected chi connectivity index (χ2v) is 6.34. The van der Waals surface area contributed by atoms with E-state index in [2.05, 4.69) is 44.7 Å². The largest absolute Gasteiger partial charge is 0.393 e. The average molecular weight is 334 g/mol. The lowest BCUT2D eigenvalue weighted by Crippen LogP contribution is -2.47. The van der Waals surface area contributed by atoms with Gasteiger partial charge in [0.15, 0.2) is 0 Å². The highest BCUT2D eigenvalue weighted by Gasteiger charge is 2.16. The molecule has 0 bridgehead atoms. The van der Waals surface area contributed by atoms with Crippen molar-refractivity contribution < 1.29 is 9.90 Å². The van der Waals surface area contributed by atoms with E-state index in [0.29, 0.717) is 19.5 Å². The molecule has 2 amide bonds. The Kier molecular flexibility index (Phi) is 7.85. The van der Waals surface area contributed by atoms with E-state index >= 15 is 0 Å². The number of hydrogen-bond donors (Lipinski definition) is 3. The van der Waals surface area contributed by atoms with Gasteiger partial charge >= 0.3 is 6.03 Å². The minimum Gasteiger partial charge on any atom is -0.393 e. The normalized spacial score (nSPS) is 16.7. The zero-order valence-electron chi connectivity index (χ0n) is 14.6. The minimum atomic E-state index is -0.375. The maximum atomic E-state index is 11.6. The SMILES string of the molecule is CC(O)CCNC(=O)NCCCN1CCN(c2ccccc2)CC1. The standard InChI is InChI=1S/C18H30N4O2/c1-16(23)8-10-20-18(24)19-9-5-11-21-12-14-22(15-13-21)17-6-3-2-4-7-17/h2-4,6-7,16,23H,5,8-15H2,1H3,(H2,19,20,24). The van der Waals surface area contributed by atoms with Gasteiger partial charge in [0.2, 0.25) is 0 Å². The van der Waals surface area contributed by atoms with E-state index in [-0.39, 0.29) is 12.1 Å². The Labute approximate surface area is 144 Å². The van der Waals surface area contributed by atoms with E-state index < -0.39 is 0 Å². The van der Waals surface area contributed by atoms with Crippen LogP contribution in [0.3, 0.4) is 0 Å². The summed E-state index contributed by atoms with van der Waals surface area (Å²) in [5.41, 5.74) is 1.30. The molecule has 1 saturated heterocycles. The van der Waals surface area contributed by atoms with Crippen LogP contribution in [-0.4, -0.2) is 68.0 Å². The Hall–Kier alpha value is -1.79. The highest BCUT2D eigenvalue weighted by molar-refractivity contribution is 5.73. The molecule has 24 heavy (non-hydrogen) atoms. The third kappa shape index (κ3) is 6.76. The Morgan fingerprint density at radius 2 is 1.79 bits per heavy atom. The van der Waals surface area contributed by atoms with E-state index in [4.69, 9.17) is 5.11 Å². The second-order valence-electron chi connectivity index (χ2n) is 6.34. The van der Waals surface area contributed by atoms with E-state index in [9.17, 15) is 4.79 Å². The molecule has 3 N–H and O–H groups in total. The maximum Gasteiger partial charge on any atom is 0.314 e. The fourth-order valence-corrected chi connectivity index (χ4v) is 2.83. The topological polar surface area (TPSA) is 67.8 Å². The van der Waals surface area contributed by atoms with Crippen molar-refractivity contribution in [2.24, 2.45) is 0 Å². The van der Waals surface area contributed by atoms with Crippen molar-refractivity contribution in [2.75, 3.05) is 50.7 Å². The summed E-state index contributed by atoms with van der Waals surface area (Å²) in [6.07, 6.45) is 1.16. The first-order valence-electron chi connectivity index (χ1n) is 8.87. The minimum absolute atomic E-state index is 0.149. The van der Waals surface area contributed by atoms with Crippen LogP contribution in [0, 0.1) is 0 Å². The van der Waals surface area contributed by atoms with Gasteiger partial charge in [-0.1, -0.05) is 18.2 Å². The summed E-state index contributed by atoms with van der Waals surface area (Å²) in [5.74, 6) is 0. The van der Waals surface area contributed by atoms with Crippen LogP contribution >= 0.6 is 0 Å². The number of nitrogens with zero attached hydrogens (tertiary/aromatic N) is 2. The summed E-state index contributed by atoms with van der Waals surface area (Å²) >= 11 is 0. The number of urea groups is 1. The summed E-state index contributed by atoms with van der Waals surface area (Å²) in [5, 5.41) is 14.7. The van der Waals surface area contributed by atoms with Crippen molar-refractivity contribution >= 4 is 11.7 Å². The summed E-state index contributed by atoms with van der Waals surface area (Å²) in [7, 11) is 0.